The van der Waals surface area contributed by atoms with Crippen LogP contribution in [0.2, 0.25) is 0 Å². The summed E-state index contributed by atoms with van der Waals surface area (Å²) >= 11 is 0. The molecule has 1 atom stereocenters. The third kappa shape index (κ3) is 3.16. The molecule has 1 unspecified atom stereocenters. The summed E-state index contributed by atoms with van der Waals surface area (Å²) in [6.07, 6.45) is 4.89. The van der Waals surface area contributed by atoms with Gasteiger partial charge in [0.15, 0.2) is 0 Å². The van der Waals surface area contributed by atoms with Crippen LogP contribution in [-0.2, 0) is 4.74 Å². The van der Waals surface area contributed by atoms with Crippen LogP contribution in [0, 0.1) is 5.41 Å². The van der Waals surface area contributed by atoms with Crippen molar-refractivity contribution in [1.29, 1.82) is 0 Å². The number of hydrogen-bond acceptors (Lipinski definition) is 3. The Morgan fingerprint density at radius 3 is 2.80 bits per heavy atom. The van der Waals surface area contributed by atoms with Crippen molar-refractivity contribution in [1.82, 2.24) is 4.90 Å². The summed E-state index contributed by atoms with van der Waals surface area (Å²) in [5.41, 5.74) is 6.47. The molecule has 3 heteroatoms. The van der Waals surface area contributed by atoms with E-state index in [0.29, 0.717) is 11.5 Å². The minimum Gasteiger partial charge on any atom is -0.381 e. The van der Waals surface area contributed by atoms with Gasteiger partial charge in [-0.3, -0.25) is 0 Å². The van der Waals surface area contributed by atoms with Crippen LogP contribution in [0.1, 0.15) is 32.6 Å². The van der Waals surface area contributed by atoms with E-state index in [1.54, 1.807) is 0 Å². The first-order valence-electron chi connectivity index (χ1n) is 6.24. The SMILES string of the molecule is CC1(CN2CCCC(N)C2)CCOCC1. The fraction of sp³-hybridized carbons (Fsp3) is 1.00. The Bertz CT molecular complexity index is 202. The van der Waals surface area contributed by atoms with E-state index in [1.807, 2.05) is 0 Å². The summed E-state index contributed by atoms with van der Waals surface area (Å²) in [6, 6.07) is 0.405. The molecule has 0 aromatic heterocycles. The zero-order chi connectivity index (χ0) is 10.7. The van der Waals surface area contributed by atoms with Crippen molar-refractivity contribution in [2.75, 3.05) is 32.8 Å². The standard InChI is InChI=1S/C12H24N2O/c1-12(4-7-15-8-5-12)10-14-6-2-3-11(13)9-14/h11H,2-10,13H2,1H3. The van der Waals surface area contributed by atoms with Crippen LogP contribution in [-0.4, -0.2) is 43.8 Å². The summed E-state index contributed by atoms with van der Waals surface area (Å²) in [5, 5.41) is 0. The molecule has 2 N–H and O–H groups in total. The van der Waals surface area contributed by atoms with Crippen molar-refractivity contribution < 1.29 is 4.74 Å². The van der Waals surface area contributed by atoms with Crippen LogP contribution in [0.5, 0.6) is 0 Å². The van der Waals surface area contributed by atoms with Crippen molar-refractivity contribution in [3.8, 4) is 0 Å². The molecule has 0 saturated carbocycles. The average Bonchev–Trinajstić information content (AvgIpc) is 2.18. The van der Waals surface area contributed by atoms with E-state index in [4.69, 9.17) is 10.5 Å². The Hall–Kier alpha value is -0.120. The largest absolute Gasteiger partial charge is 0.381 e. The molecular formula is C12H24N2O. The number of piperidine rings is 1. The van der Waals surface area contributed by atoms with E-state index < -0.39 is 0 Å². The van der Waals surface area contributed by atoms with E-state index in [-0.39, 0.29) is 0 Å². The van der Waals surface area contributed by atoms with E-state index in [9.17, 15) is 0 Å². The second-order valence-electron chi connectivity index (χ2n) is 5.56. The molecule has 2 saturated heterocycles. The van der Waals surface area contributed by atoms with Crippen molar-refractivity contribution in [2.45, 2.75) is 38.6 Å². The third-order valence-electron chi connectivity index (χ3n) is 3.85. The van der Waals surface area contributed by atoms with E-state index in [2.05, 4.69) is 11.8 Å². The Labute approximate surface area is 93.0 Å². The number of nitrogens with zero attached hydrogens (tertiary/aromatic N) is 1. The van der Waals surface area contributed by atoms with Crippen LogP contribution in [0.3, 0.4) is 0 Å². The van der Waals surface area contributed by atoms with E-state index in [1.165, 1.54) is 38.8 Å². The van der Waals surface area contributed by atoms with Gasteiger partial charge < -0.3 is 15.4 Å². The van der Waals surface area contributed by atoms with Crippen molar-refractivity contribution >= 4 is 0 Å². The van der Waals surface area contributed by atoms with Gasteiger partial charge in [0.2, 0.25) is 0 Å². The summed E-state index contributed by atoms with van der Waals surface area (Å²) < 4.78 is 5.43. The molecule has 2 rings (SSSR count). The number of nitrogens with two attached hydrogens (primary N) is 1. The van der Waals surface area contributed by atoms with E-state index >= 15 is 0 Å². The molecule has 2 aliphatic heterocycles. The lowest BCUT2D eigenvalue weighted by Gasteiger charge is -2.40. The normalized spacial score (nSPS) is 32.8. The summed E-state index contributed by atoms with van der Waals surface area (Å²) in [5.74, 6) is 0. The molecule has 0 spiro atoms. The monoisotopic (exact) mass is 212 g/mol. The minimum atomic E-state index is 0.405. The lowest BCUT2D eigenvalue weighted by atomic mass is 9.81. The number of hydrogen-bond donors (Lipinski definition) is 1. The molecule has 2 heterocycles. The van der Waals surface area contributed by atoms with Crippen molar-refractivity contribution in [3.05, 3.63) is 0 Å². The second-order valence-corrected chi connectivity index (χ2v) is 5.56. The predicted molar refractivity (Wildman–Crippen MR) is 61.8 cm³/mol. The fourth-order valence-electron chi connectivity index (χ4n) is 2.80. The Balaban J connectivity index is 1.83. The second kappa shape index (κ2) is 4.81. The maximum Gasteiger partial charge on any atom is 0.0471 e. The highest BCUT2D eigenvalue weighted by atomic mass is 16.5. The quantitative estimate of drug-likeness (QED) is 0.748. The molecule has 88 valence electrons. The first-order valence-corrected chi connectivity index (χ1v) is 6.24. The van der Waals surface area contributed by atoms with Gasteiger partial charge >= 0.3 is 0 Å². The Kier molecular flexibility index (Phi) is 3.65. The molecule has 0 aliphatic carbocycles. The minimum absolute atomic E-state index is 0.405. The van der Waals surface area contributed by atoms with Gasteiger partial charge in [-0.15, -0.1) is 0 Å². The molecule has 0 aromatic rings. The van der Waals surface area contributed by atoms with Crippen molar-refractivity contribution in [2.24, 2.45) is 11.1 Å². The fourth-order valence-corrected chi connectivity index (χ4v) is 2.80. The number of ether oxygens (including phenoxy) is 1. The van der Waals surface area contributed by atoms with Gasteiger partial charge in [-0.1, -0.05) is 6.92 Å². The van der Waals surface area contributed by atoms with Crippen LogP contribution >= 0.6 is 0 Å². The highest BCUT2D eigenvalue weighted by Crippen LogP contribution is 2.31. The predicted octanol–water partition coefficient (Wildman–Crippen LogP) is 1.23. The molecule has 2 aliphatic rings. The topological polar surface area (TPSA) is 38.5 Å². The van der Waals surface area contributed by atoms with Gasteiger partial charge in [0, 0.05) is 32.3 Å². The Morgan fingerprint density at radius 2 is 2.13 bits per heavy atom. The van der Waals surface area contributed by atoms with Gasteiger partial charge in [-0.2, -0.15) is 0 Å². The highest BCUT2D eigenvalue weighted by Gasteiger charge is 2.30. The maximum absolute atomic E-state index is 6.01. The molecular weight excluding hydrogens is 188 g/mol. The van der Waals surface area contributed by atoms with E-state index in [0.717, 1.165) is 19.8 Å². The Morgan fingerprint density at radius 1 is 1.40 bits per heavy atom. The van der Waals surface area contributed by atoms with Crippen LogP contribution < -0.4 is 5.73 Å². The number of likely N-dealkylation sites (tertiary alicyclic amines) is 1. The number of rotatable bonds is 2. The summed E-state index contributed by atoms with van der Waals surface area (Å²) in [7, 11) is 0. The third-order valence-corrected chi connectivity index (χ3v) is 3.85. The zero-order valence-corrected chi connectivity index (χ0v) is 9.87. The van der Waals surface area contributed by atoms with Gasteiger partial charge in [0.1, 0.15) is 0 Å². The maximum atomic E-state index is 6.01. The average molecular weight is 212 g/mol. The van der Waals surface area contributed by atoms with Gasteiger partial charge in [0.05, 0.1) is 0 Å². The molecule has 15 heavy (non-hydrogen) atoms. The molecule has 3 nitrogen and oxygen atoms in total. The summed E-state index contributed by atoms with van der Waals surface area (Å²) in [4.78, 5) is 2.56. The molecule has 0 amide bonds. The molecule has 2 fully saturated rings. The van der Waals surface area contributed by atoms with Crippen LogP contribution in [0.4, 0.5) is 0 Å². The van der Waals surface area contributed by atoms with Crippen molar-refractivity contribution in [3.63, 3.8) is 0 Å². The van der Waals surface area contributed by atoms with Crippen LogP contribution in [0.25, 0.3) is 0 Å². The lowest BCUT2D eigenvalue weighted by Crippen LogP contribution is -2.47. The zero-order valence-electron chi connectivity index (χ0n) is 9.87. The van der Waals surface area contributed by atoms with Gasteiger partial charge in [0.25, 0.3) is 0 Å². The smallest absolute Gasteiger partial charge is 0.0471 e. The van der Waals surface area contributed by atoms with Gasteiger partial charge in [-0.05, 0) is 37.6 Å². The first-order chi connectivity index (χ1) is 7.18. The first kappa shape index (κ1) is 11.4. The van der Waals surface area contributed by atoms with Gasteiger partial charge in [-0.25, -0.2) is 0 Å². The lowest BCUT2D eigenvalue weighted by molar-refractivity contribution is 0.00104. The molecule has 0 radical (unpaired) electrons. The highest BCUT2D eigenvalue weighted by molar-refractivity contribution is 4.84. The molecule has 0 bridgehead atoms. The van der Waals surface area contributed by atoms with Crippen LogP contribution in [0.15, 0.2) is 0 Å². The summed E-state index contributed by atoms with van der Waals surface area (Å²) in [6.45, 7) is 7.83. The molecule has 0 aromatic carbocycles.